The number of hydrogen-bond donors (Lipinski definition) is 2. The first kappa shape index (κ1) is 16.5. The highest BCUT2D eigenvalue weighted by atomic mass is 32.2. The minimum Gasteiger partial charge on any atom is -0.447 e. The minimum atomic E-state index is -3.54. The predicted octanol–water partition coefficient (Wildman–Crippen LogP) is 2.64. The molecule has 0 radical (unpaired) electrons. The summed E-state index contributed by atoms with van der Waals surface area (Å²) in [6.07, 6.45) is 5.57. The molecule has 21 heavy (non-hydrogen) atoms. The van der Waals surface area contributed by atoms with Crippen LogP contribution >= 0.6 is 0 Å². The van der Waals surface area contributed by atoms with Gasteiger partial charge in [0.1, 0.15) is 5.76 Å². The van der Waals surface area contributed by atoms with Gasteiger partial charge < -0.3 is 9.73 Å². The normalized spacial score (nSPS) is 18.2. The Morgan fingerprint density at radius 1 is 1.29 bits per heavy atom. The Bertz CT molecular complexity index is 545. The van der Waals surface area contributed by atoms with Gasteiger partial charge in [0, 0.05) is 6.54 Å². The second-order valence-electron chi connectivity index (χ2n) is 6.24. The maximum absolute atomic E-state index is 12.2. The lowest BCUT2D eigenvalue weighted by Crippen LogP contribution is -2.33. The van der Waals surface area contributed by atoms with E-state index in [-0.39, 0.29) is 10.5 Å². The minimum absolute atomic E-state index is 0.0115. The van der Waals surface area contributed by atoms with Gasteiger partial charge in [-0.3, -0.25) is 0 Å². The van der Waals surface area contributed by atoms with E-state index >= 15 is 0 Å². The Hall–Kier alpha value is -0.850. The number of rotatable bonds is 8. The van der Waals surface area contributed by atoms with Crippen LogP contribution in [0.4, 0.5) is 0 Å². The van der Waals surface area contributed by atoms with E-state index in [0.717, 1.165) is 25.8 Å². The van der Waals surface area contributed by atoms with Gasteiger partial charge in [0.15, 0.2) is 0 Å². The van der Waals surface area contributed by atoms with Gasteiger partial charge in [-0.25, -0.2) is 13.1 Å². The third-order valence-electron chi connectivity index (χ3n) is 4.13. The van der Waals surface area contributed by atoms with Crippen molar-refractivity contribution < 1.29 is 12.8 Å². The van der Waals surface area contributed by atoms with Gasteiger partial charge in [0.25, 0.3) is 10.0 Å². The molecule has 5 nitrogen and oxygen atoms in total. The second-order valence-corrected chi connectivity index (χ2v) is 7.94. The Kier molecular flexibility index (Phi) is 5.46. The first-order chi connectivity index (χ1) is 9.95. The summed E-state index contributed by atoms with van der Waals surface area (Å²) < 4.78 is 32.6. The van der Waals surface area contributed by atoms with Crippen LogP contribution in [0.15, 0.2) is 21.6 Å². The number of nitrogens with one attached hydrogen (secondary N) is 2. The summed E-state index contributed by atoms with van der Waals surface area (Å²) in [5, 5.41) is 3.20. The van der Waals surface area contributed by atoms with Crippen molar-refractivity contribution in [3.63, 3.8) is 0 Å². The van der Waals surface area contributed by atoms with Crippen LogP contribution in [0.1, 0.15) is 51.7 Å². The zero-order valence-corrected chi connectivity index (χ0v) is 13.8. The van der Waals surface area contributed by atoms with Crippen molar-refractivity contribution in [3.05, 3.63) is 17.9 Å². The molecule has 0 unspecified atom stereocenters. The molecule has 1 saturated carbocycles. The molecule has 1 aliphatic carbocycles. The number of furan rings is 1. The Morgan fingerprint density at radius 2 is 2.00 bits per heavy atom. The highest BCUT2D eigenvalue weighted by Crippen LogP contribution is 2.37. The lowest BCUT2D eigenvalue weighted by Gasteiger charge is -2.23. The van der Waals surface area contributed by atoms with Crippen molar-refractivity contribution in [1.29, 1.82) is 0 Å². The van der Waals surface area contributed by atoms with Gasteiger partial charge in [0.2, 0.25) is 5.09 Å². The molecule has 0 spiro atoms. The molecular weight excluding hydrogens is 288 g/mol. The van der Waals surface area contributed by atoms with Gasteiger partial charge >= 0.3 is 0 Å². The largest absolute Gasteiger partial charge is 0.447 e. The summed E-state index contributed by atoms with van der Waals surface area (Å²) in [5.41, 5.74) is 0.0885. The van der Waals surface area contributed by atoms with Crippen molar-refractivity contribution in [1.82, 2.24) is 10.0 Å². The van der Waals surface area contributed by atoms with Crippen molar-refractivity contribution >= 4 is 10.0 Å². The molecule has 1 fully saturated rings. The lowest BCUT2D eigenvalue weighted by atomic mass is 9.89. The Labute approximate surface area is 127 Å². The van der Waals surface area contributed by atoms with Crippen LogP contribution in [-0.4, -0.2) is 21.5 Å². The van der Waals surface area contributed by atoms with Crippen LogP contribution in [0.25, 0.3) is 0 Å². The zero-order chi connectivity index (χ0) is 15.3. The molecule has 1 aromatic rings. The highest BCUT2D eigenvalue weighted by molar-refractivity contribution is 7.89. The molecule has 2 rings (SSSR count). The molecule has 0 saturated heterocycles. The molecule has 1 heterocycles. The van der Waals surface area contributed by atoms with E-state index in [9.17, 15) is 8.42 Å². The third kappa shape index (κ3) is 4.56. The fraction of sp³-hybridized carbons (Fsp3) is 0.733. The summed E-state index contributed by atoms with van der Waals surface area (Å²) in [6, 6.07) is 3.25. The molecule has 0 aliphatic heterocycles. The summed E-state index contributed by atoms with van der Waals surface area (Å²) in [5.74, 6) is 0.649. The molecule has 0 amide bonds. The average Bonchev–Trinajstić information content (AvgIpc) is 3.07. The maximum Gasteiger partial charge on any atom is 0.273 e. The fourth-order valence-electron chi connectivity index (χ4n) is 2.73. The van der Waals surface area contributed by atoms with E-state index < -0.39 is 10.0 Å². The molecule has 6 heteroatoms. The summed E-state index contributed by atoms with van der Waals surface area (Å²) >= 11 is 0. The monoisotopic (exact) mass is 314 g/mol. The fourth-order valence-corrected chi connectivity index (χ4v) is 3.88. The quantitative estimate of drug-likeness (QED) is 0.724. The van der Waals surface area contributed by atoms with Crippen LogP contribution < -0.4 is 10.0 Å². The molecule has 0 aromatic carbocycles. The van der Waals surface area contributed by atoms with Crippen molar-refractivity contribution in [2.45, 2.75) is 57.6 Å². The van der Waals surface area contributed by atoms with Crippen molar-refractivity contribution in [3.8, 4) is 0 Å². The second kappa shape index (κ2) is 6.94. The molecule has 2 N–H and O–H groups in total. The maximum atomic E-state index is 12.2. The topological polar surface area (TPSA) is 71.3 Å². The zero-order valence-electron chi connectivity index (χ0n) is 12.9. The number of sulfonamides is 1. The van der Waals surface area contributed by atoms with Crippen LogP contribution in [0, 0.1) is 5.41 Å². The van der Waals surface area contributed by atoms with E-state index in [1.165, 1.54) is 18.9 Å². The third-order valence-corrected chi connectivity index (χ3v) is 5.40. The van der Waals surface area contributed by atoms with E-state index in [2.05, 4.69) is 23.9 Å². The van der Waals surface area contributed by atoms with Gasteiger partial charge in [-0.05, 0) is 43.4 Å². The number of hydrogen-bond acceptors (Lipinski definition) is 4. The van der Waals surface area contributed by atoms with Crippen molar-refractivity contribution in [2.75, 3.05) is 13.1 Å². The first-order valence-electron chi connectivity index (χ1n) is 7.74. The van der Waals surface area contributed by atoms with Crippen molar-refractivity contribution in [2.24, 2.45) is 5.41 Å². The summed E-state index contributed by atoms with van der Waals surface area (Å²) in [4.78, 5) is 0. The highest BCUT2D eigenvalue weighted by Gasteiger charge is 2.31. The van der Waals surface area contributed by atoms with E-state index in [1.807, 2.05) is 0 Å². The smallest absolute Gasteiger partial charge is 0.273 e. The SMILES string of the molecule is CCCNCc1ccc(S(=O)(=O)NCC2(C)CCCC2)o1. The average molecular weight is 314 g/mol. The molecule has 0 bridgehead atoms. The molecule has 1 aromatic heterocycles. The molecule has 120 valence electrons. The van der Waals surface area contributed by atoms with Gasteiger partial charge in [-0.1, -0.05) is 26.7 Å². The van der Waals surface area contributed by atoms with E-state index in [1.54, 1.807) is 6.07 Å². The first-order valence-corrected chi connectivity index (χ1v) is 9.23. The van der Waals surface area contributed by atoms with Gasteiger partial charge in [0.05, 0.1) is 6.54 Å². The Morgan fingerprint density at radius 3 is 2.67 bits per heavy atom. The predicted molar refractivity (Wildman–Crippen MR) is 82.5 cm³/mol. The Balaban J connectivity index is 1.92. The van der Waals surface area contributed by atoms with Crippen LogP contribution in [0.2, 0.25) is 0 Å². The van der Waals surface area contributed by atoms with Crippen LogP contribution in [0.5, 0.6) is 0 Å². The van der Waals surface area contributed by atoms with E-state index in [4.69, 9.17) is 4.42 Å². The van der Waals surface area contributed by atoms with E-state index in [0.29, 0.717) is 18.8 Å². The lowest BCUT2D eigenvalue weighted by molar-refractivity contribution is 0.333. The van der Waals surface area contributed by atoms with Gasteiger partial charge in [-0.15, -0.1) is 0 Å². The molecule has 0 atom stereocenters. The summed E-state index contributed by atoms with van der Waals surface area (Å²) in [7, 11) is -3.54. The standard InChI is InChI=1S/C15H26N2O3S/c1-3-10-16-11-13-6-7-14(20-13)21(18,19)17-12-15(2)8-4-5-9-15/h6-7,16-17H,3-5,8-12H2,1-2H3. The summed E-state index contributed by atoms with van der Waals surface area (Å²) in [6.45, 7) is 6.16. The van der Waals surface area contributed by atoms with Crippen LogP contribution in [-0.2, 0) is 16.6 Å². The molecule has 1 aliphatic rings. The van der Waals surface area contributed by atoms with Gasteiger partial charge in [-0.2, -0.15) is 0 Å². The molecular formula is C15H26N2O3S. The van der Waals surface area contributed by atoms with Crippen LogP contribution in [0.3, 0.4) is 0 Å².